The van der Waals surface area contributed by atoms with Gasteiger partial charge in [-0.1, -0.05) is 24.3 Å². The standard InChI is InChI=1S/C17H14I2O3/c1-10(2)17(20)22-16-9-13(18)15(8-14(16)19)21-12-6-4-11(3)5-7-12/h4-9H,1H2,2-3H3. The first kappa shape index (κ1) is 17.3. The average Bonchev–Trinajstić information content (AvgIpc) is 2.46. The highest BCUT2D eigenvalue weighted by Gasteiger charge is 2.13. The van der Waals surface area contributed by atoms with Crippen molar-refractivity contribution in [3.05, 3.63) is 61.3 Å². The molecular weight excluding hydrogens is 506 g/mol. The highest BCUT2D eigenvalue weighted by Crippen LogP contribution is 2.34. The van der Waals surface area contributed by atoms with Crippen LogP contribution in [0.3, 0.4) is 0 Å². The molecule has 0 heterocycles. The number of hydrogen-bond donors (Lipinski definition) is 0. The van der Waals surface area contributed by atoms with Gasteiger partial charge >= 0.3 is 5.97 Å². The van der Waals surface area contributed by atoms with Crippen LogP contribution in [0.15, 0.2) is 48.6 Å². The maximum absolute atomic E-state index is 11.6. The second kappa shape index (κ2) is 7.45. The molecule has 0 unspecified atom stereocenters. The van der Waals surface area contributed by atoms with E-state index in [1.165, 1.54) is 5.56 Å². The van der Waals surface area contributed by atoms with Gasteiger partial charge in [-0.25, -0.2) is 4.79 Å². The molecule has 0 bridgehead atoms. The van der Waals surface area contributed by atoms with Crippen molar-refractivity contribution in [2.24, 2.45) is 0 Å². The van der Waals surface area contributed by atoms with Crippen LogP contribution < -0.4 is 9.47 Å². The number of benzene rings is 2. The van der Waals surface area contributed by atoms with E-state index < -0.39 is 5.97 Å². The summed E-state index contributed by atoms with van der Waals surface area (Å²) in [7, 11) is 0. The zero-order chi connectivity index (χ0) is 16.3. The molecule has 2 aromatic rings. The molecule has 0 saturated heterocycles. The van der Waals surface area contributed by atoms with Gasteiger partial charge in [-0.05, 0) is 83.3 Å². The molecule has 5 heteroatoms. The molecule has 0 radical (unpaired) electrons. The Bertz CT molecular complexity index is 721. The van der Waals surface area contributed by atoms with Crippen molar-refractivity contribution in [1.29, 1.82) is 0 Å². The molecule has 22 heavy (non-hydrogen) atoms. The van der Waals surface area contributed by atoms with Crippen molar-refractivity contribution >= 4 is 51.2 Å². The molecule has 0 fully saturated rings. The predicted octanol–water partition coefficient (Wildman–Crippen LogP) is 5.48. The Kier molecular flexibility index (Phi) is 5.85. The van der Waals surface area contributed by atoms with E-state index in [4.69, 9.17) is 9.47 Å². The van der Waals surface area contributed by atoms with Crippen molar-refractivity contribution in [2.45, 2.75) is 13.8 Å². The number of halogens is 2. The number of rotatable bonds is 4. The van der Waals surface area contributed by atoms with Crippen LogP contribution in [-0.2, 0) is 4.79 Å². The number of carbonyl (C=O) groups is 1. The first-order chi connectivity index (χ1) is 10.4. The topological polar surface area (TPSA) is 35.5 Å². The fourth-order valence-electron chi connectivity index (χ4n) is 1.59. The van der Waals surface area contributed by atoms with E-state index in [2.05, 4.69) is 51.8 Å². The lowest BCUT2D eigenvalue weighted by atomic mass is 10.2. The van der Waals surface area contributed by atoms with Gasteiger partial charge in [0.2, 0.25) is 0 Å². The summed E-state index contributed by atoms with van der Waals surface area (Å²) in [4.78, 5) is 11.6. The minimum Gasteiger partial charge on any atom is -0.456 e. The molecule has 0 aromatic heterocycles. The zero-order valence-corrected chi connectivity index (χ0v) is 16.5. The minimum absolute atomic E-state index is 0.366. The second-order valence-corrected chi connectivity index (χ2v) is 7.12. The van der Waals surface area contributed by atoms with Crippen LogP contribution in [0.5, 0.6) is 17.2 Å². The molecular formula is C17H14I2O3. The van der Waals surface area contributed by atoms with Gasteiger partial charge < -0.3 is 9.47 Å². The van der Waals surface area contributed by atoms with Crippen molar-refractivity contribution < 1.29 is 14.3 Å². The van der Waals surface area contributed by atoms with E-state index in [0.717, 1.165) is 18.6 Å². The highest BCUT2D eigenvalue weighted by molar-refractivity contribution is 14.1. The van der Waals surface area contributed by atoms with Crippen LogP contribution >= 0.6 is 45.2 Å². The molecule has 0 spiro atoms. The summed E-state index contributed by atoms with van der Waals surface area (Å²) >= 11 is 4.28. The van der Waals surface area contributed by atoms with Gasteiger partial charge in [0, 0.05) is 5.57 Å². The third-order valence-corrected chi connectivity index (χ3v) is 4.47. The van der Waals surface area contributed by atoms with Gasteiger partial charge in [0.1, 0.15) is 17.2 Å². The van der Waals surface area contributed by atoms with E-state index in [1.807, 2.05) is 37.3 Å². The lowest BCUT2D eigenvalue weighted by molar-refractivity contribution is -0.130. The summed E-state index contributed by atoms with van der Waals surface area (Å²) in [6.07, 6.45) is 0. The van der Waals surface area contributed by atoms with Crippen molar-refractivity contribution in [2.75, 3.05) is 0 Å². The van der Waals surface area contributed by atoms with Crippen LogP contribution in [-0.4, -0.2) is 5.97 Å². The number of aryl methyl sites for hydroxylation is 1. The second-order valence-electron chi connectivity index (χ2n) is 4.80. The van der Waals surface area contributed by atoms with Crippen LogP contribution in [0.1, 0.15) is 12.5 Å². The zero-order valence-electron chi connectivity index (χ0n) is 12.2. The Morgan fingerprint density at radius 2 is 1.59 bits per heavy atom. The molecule has 2 rings (SSSR count). The fraction of sp³-hybridized carbons (Fsp3) is 0.118. The molecule has 0 atom stereocenters. The summed E-state index contributed by atoms with van der Waals surface area (Å²) in [6.45, 7) is 7.23. The molecule has 0 amide bonds. The number of esters is 1. The summed E-state index contributed by atoms with van der Waals surface area (Å²) in [6, 6.07) is 11.5. The lowest BCUT2D eigenvalue weighted by Crippen LogP contribution is -2.09. The van der Waals surface area contributed by atoms with Gasteiger partial charge in [-0.2, -0.15) is 0 Å². The highest BCUT2D eigenvalue weighted by atomic mass is 127. The Balaban J connectivity index is 2.24. The molecule has 0 aliphatic heterocycles. The number of ether oxygens (including phenoxy) is 2. The molecule has 0 N–H and O–H groups in total. The molecule has 114 valence electrons. The van der Waals surface area contributed by atoms with E-state index >= 15 is 0 Å². The monoisotopic (exact) mass is 520 g/mol. The third-order valence-electron chi connectivity index (χ3n) is 2.79. The SMILES string of the molecule is C=C(C)C(=O)Oc1cc(I)c(Oc2ccc(C)cc2)cc1I. The van der Waals surface area contributed by atoms with Crippen LogP contribution in [0.4, 0.5) is 0 Å². The Morgan fingerprint density at radius 1 is 1.05 bits per heavy atom. The van der Waals surface area contributed by atoms with E-state index in [9.17, 15) is 4.79 Å². The van der Waals surface area contributed by atoms with Gasteiger partial charge in [-0.3, -0.25) is 0 Å². The molecule has 3 nitrogen and oxygen atoms in total. The van der Waals surface area contributed by atoms with E-state index in [0.29, 0.717) is 11.3 Å². The summed E-state index contributed by atoms with van der Waals surface area (Å²) in [5.41, 5.74) is 1.55. The summed E-state index contributed by atoms with van der Waals surface area (Å²) in [5.74, 6) is 1.57. The first-order valence-electron chi connectivity index (χ1n) is 6.48. The Labute approximate surface area is 157 Å². The minimum atomic E-state index is -0.430. The first-order valence-corrected chi connectivity index (χ1v) is 8.64. The quantitative estimate of drug-likeness (QED) is 0.232. The van der Waals surface area contributed by atoms with Crippen molar-refractivity contribution in [3.63, 3.8) is 0 Å². The molecule has 0 aliphatic rings. The normalized spacial score (nSPS) is 10.2. The third kappa shape index (κ3) is 4.45. The van der Waals surface area contributed by atoms with Gasteiger partial charge in [0.25, 0.3) is 0 Å². The summed E-state index contributed by atoms with van der Waals surface area (Å²) < 4.78 is 12.8. The van der Waals surface area contributed by atoms with Crippen LogP contribution in [0.25, 0.3) is 0 Å². The largest absolute Gasteiger partial charge is 0.456 e. The van der Waals surface area contributed by atoms with Crippen LogP contribution in [0, 0.1) is 14.1 Å². The van der Waals surface area contributed by atoms with Crippen molar-refractivity contribution in [1.82, 2.24) is 0 Å². The van der Waals surface area contributed by atoms with Gasteiger partial charge in [0.05, 0.1) is 7.14 Å². The molecule has 0 aliphatic carbocycles. The predicted molar refractivity (Wildman–Crippen MR) is 104 cm³/mol. The Hall–Kier alpha value is -1.09. The van der Waals surface area contributed by atoms with E-state index in [1.54, 1.807) is 13.0 Å². The summed E-state index contributed by atoms with van der Waals surface area (Å²) in [5, 5.41) is 0. The fourth-order valence-corrected chi connectivity index (χ4v) is 2.68. The number of carbonyl (C=O) groups excluding carboxylic acids is 1. The van der Waals surface area contributed by atoms with Crippen molar-refractivity contribution in [3.8, 4) is 17.2 Å². The van der Waals surface area contributed by atoms with Gasteiger partial charge in [0.15, 0.2) is 0 Å². The average molecular weight is 520 g/mol. The maximum Gasteiger partial charge on any atom is 0.338 e. The lowest BCUT2D eigenvalue weighted by Gasteiger charge is -2.12. The maximum atomic E-state index is 11.6. The smallest absolute Gasteiger partial charge is 0.338 e. The number of hydrogen-bond acceptors (Lipinski definition) is 3. The Morgan fingerprint density at radius 3 is 2.18 bits per heavy atom. The molecule has 0 saturated carbocycles. The van der Waals surface area contributed by atoms with E-state index in [-0.39, 0.29) is 0 Å². The van der Waals surface area contributed by atoms with Crippen LogP contribution in [0.2, 0.25) is 0 Å². The molecule has 2 aromatic carbocycles. The van der Waals surface area contributed by atoms with Gasteiger partial charge in [-0.15, -0.1) is 0 Å².